The molecule has 3 heteroatoms. The summed E-state index contributed by atoms with van der Waals surface area (Å²) in [4.78, 5) is 14.0. The van der Waals surface area contributed by atoms with Crippen LogP contribution < -0.4 is 0 Å². The van der Waals surface area contributed by atoms with Gasteiger partial charge >= 0.3 is 5.97 Å². The molecule has 0 amide bonds. The number of hydrogen-bond donors (Lipinski definition) is 0. The lowest BCUT2D eigenvalue weighted by atomic mass is 10.0. The van der Waals surface area contributed by atoms with E-state index in [1.165, 1.54) is 5.56 Å². The van der Waals surface area contributed by atoms with E-state index < -0.39 is 0 Å². The average Bonchev–Trinajstić information content (AvgIpc) is 2.71. The maximum atomic E-state index is 11.5. The molecule has 2 rings (SSSR count). The molecular formula is C16H23NO2. The molecule has 1 saturated heterocycles. The second-order valence-electron chi connectivity index (χ2n) is 5.37. The van der Waals surface area contributed by atoms with Crippen LogP contribution in [0, 0.1) is 5.92 Å². The lowest BCUT2D eigenvalue weighted by Gasteiger charge is -2.20. The number of benzene rings is 1. The van der Waals surface area contributed by atoms with E-state index in [9.17, 15) is 4.79 Å². The monoisotopic (exact) mass is 261 g/mol. The number of carbonyl (C=O) groups is 1. The van der Waals surface area contributed by atoms with Crippen LogP contribution in [-0.2, 0) is 16.1 Å². The Bertz CT molecular complexity index is 404. The SMILES string of the molecule is CCOC(=O)C[C@@H]1CC(C)N(Cc2ccccc2)C1. The molecule has 1 aliphatic rings. The van der Waals surface area contributed by atoms with Gasteiger partial charge in [-0.15, -0.1) is 0 Å². The Labute approximate surface area is 115 Å². The zero-order valence-corrected chi connectivity index (χ0v) is 11.8. The van der Waals surface area contributed by atoms with Gasteiger partial charge < -0.3 is 4.74 Å². The van der Waals surface area contributed by atoms with Gasteiger partial charge in [0.25, 0.3) is 0 Å². The molecule has 2 atom stereocenters. The summed E-state index contributed by atoms with van der Waals surface area (Å²) in [6, 6.07) is 11.1. The van der Waals surface area contributed by atoms with Crippen LogP contribution in [0.15, 0.2) is 30.3 Å². The van der Waals surface area contributed by atoms with Crippen LogP contribution in [0.5, 0.6) is 0 Å². The molecule has 0 saturated carbocycles. The lowest BCUT2D eigenvalue weighted by Crippen LogP contribution is -2.26. The van der Waals surface area contributed by atoms with Gasteiger partial charge in [0.15, 0.2) is 0 Å². The van der Waals surface area contributed by atoms with Crippen LogP contribution in [0.3, 0.4) is 0 Å². The molecule has 0 N–H and O–H groups in total. The van der Waals surface area contributed by atoms with E-state index in [4.69, 9.17) is 4.74 Å². The normalized spacial score (nSPS) is 23.5. The largest absolute Gasteiger partial charge is 0.466 e. The van der Waals surface area contributed by atoms with Crippen LogP contribution >= 0.6 is 0 Å². The molecule has 19 heavy (non-hydrogen) atoms. The fourth-order valence-electron chi connectivity index (χ4n) is 2.86. The van der Waals surface area contributed by atoms with Crippen molar-refractivity contribution >= 4 is 5.97 Å². The van der Waals surface area contributed by atoms with Crippen molar-refractivity contribution in [1.29, 1.82) is 0 Å². The number of nitrogens with zero attached hydrogens (tertiary/aromatic N) is 1. The van der Waals surface area contributed by atoms with Crippen LogP contribution in [0.4, 0.5) is 0 Å². The van der Waals surface area contributed by atoms with Crippen LogP contribution in [0.1, 0.15) is 32.3 Å². The zero-order valence-electron chi connectivity index (χ0n) is 11.8. The fraction of sp³-hybridized carbons (Fsp3) is 0.562. The summed E-state index contributed by atoms with van der Waals surface area (Å²) in [7, 11) is 0. The van der Waals surface area contributed by atoms with Crippen LogP contribution in [0.25, 0.3) is 0 Å². The minimum atomic E-state index is -0.0544. The van der Waals surface area contributed by atoms with Gasteiger partial charge in [-0.25, -0.2) is 0 Å². The van der Waals surface area contributed by atoms with Gasteiger partial charge in [-0.1, -0.05) is 30.3 Å². The minimum Gasteiger partial charge on any atom is -0.466 e. The van der Waals surface area contributed by atoms with E-state index in [1.807, 2.05) is 13.0 Å². The third-order valence-corrected chi connectivity index (χ3v) is 3.78. The van der Waals surface area contributed by atoms with Crippen molar-refractivity contribution in [2.24, 2.45) is 5.92 Å². The van der Waals surface area contributed by atoms with Crippen molar-refractivity contribution < 1.29 is 9.53 Å². The molecule has 1 aromatic rings. The van der Waals surface area contributed by atoms with Crippen molar-refractivity contribution in [3.63, 3.8) is 0 Å². The summed E-state index contributed by atoms with van der Waals surface area (Å²) >= 11 is 0. The molecule has 1 heterocycles. The summed E-state index contributed by atoms with van der Waals surface area (Å²) in [5, 5.41) is 0. The molecule has 0 radical (unpaired) electrons. The van der Waals surface area contributed by atoms with Gasteiger partial charge in [0.1, 0.15) is 0 Å². The highest BCUT2D eigenvalue weighted by Crippen LogP contribution is 2.27. The molecule has 0 spiro atoms. The molecule has 0 aliphatic carbocycles. The Morgan fingerprint density at radius 1 is 1.37 bits per heavy atom. The third-order valence-electron chi connectivity index (χ3n) is 3.78. The van der Waals surface area contributed by atoms with E-state index in [0.717, 1.165) is 19.5 Å². The predicted octanol–water partition coefficient (Wildman–Crippen LogP) is 2.85. The maximum absolute atomic E-state index is 11.5. The Morgan fingerprint density at radius 2 is 2.11 bits per heavy atom. The first kappa shape index (κ1) is 14.1. The molecule has 1 aromatic carbocycles. The lowest BCUT2D eigenvalue weighted by molar-refractivity contribution is -0.144. The van der Waals surface area contributed by atoms with Gasteiger partial charge in [-0.2, -0.15) is 0 Å². The smallest absolute Gasteiger partial charge is 0.306 e. The summed E-state index contributed by atoms with van der Waals surface area (Å²) in [6.45, 7) is 6.55. The van der Waals surface area contributed by atoms with Crippen molar-refractivity contribution in [3.05, 3.63) is 35.9 Å². The first-order valence-electron chi connectivity index (χ1n) is 7.12. The second kappa shape index (κ2) is 6.71. The Morgan fingerprint density at radius 3 is 2.79 bits per heavy atom. The number of carbonyl (C=O) groups excluding carboxylic acids is 1. The van der Waals surface area contributed by atoms with E-state index in [0.29, 0.717) is 25.0 Å². The van der Waals surface area contributed by atoms with Gasteiger partial charge in [0, 0.05) is 25.6 Å². The van der Waals surface area contributed by atoms with Crippen LogP contribution in [0.2, 0.25) is 0 Å². The van der Waals surface area contributed by atoms with E-state index in [2.05, 4.69) is 36.1 Å². The summed E-state index contributed by atoms with van der Waals surface area (Å²) in [5.41, 5.74) is 1.34. The molecule has 0 bridgehead atoms. The van der Waals surface area contributed by atoms with Crippen molar-refractivity contribution in [3.8, 4) is 0 Å². The fourth-order valence-corrected chi connectivity index (χ4v) is 2.86. The van der Waals surface area contributed by atoms with E-state index in [1.54, 1.807) is 0 Å². The van der Waals surface area contributed by atoms with Crippen molar-refractivity contribution in [1.82, 2.24) is 4.90 Å². The topological polar surface area (TPSA) is 29.5 Å². The van der Waals surface area contributed by atoms with Gasteiger partial charge in [0.05, 0.1) is 6.61 Å². The van der Waals surface area contributed by atoms with Gasteiger partial charge in [-0.3, -0.25) is 9.69 Å². The number of likely N-dealkylation sites (tertiary alicyclic amines) is 1. The first-order chi connectivity index (χ1) is 9.19. The molecule has 1 fully saturated rings. The highest BCUT2D eigenvalue weighted by Gasteiger charge is 2.30. The minimum absolute atomic E-state index is 0.0544. The summed E-state index contributed by atoms with van der Waals surface area (Å²) < 4.78 is 5.04. The molecular weight excluding hydrogens is 238 g/mol. The number of ether oxygens (including phenoxy) is 1. The third kappa shape index (κ3) is 4.06. The summed E-state index contributed by atoms with van der Waals surface area (Å²) in [6.07, 6.45) is 1.65. The van der Waals surface area contributed by atoms with Crippen molar-refractivity contribution in [2.75, 3.05) is 13.2 Å². The standard InChI is InChI=1S/C16H23NO2/c1-3-19-16(18)10-15-9-13(2)17(12-15)11-14-7-5-4-6-8-14/h4-8,13,15H,3,9-12H2,1-2H3/t13?,15-/m0/s1. The highest BCUT2D eigenvalue weighted by molar-refractivity contribution is 5.69. The number of hydrogen-bond acceptors (Lipinski definition) is 3. The van der Waals surface area contributed by atoms with E-state index >= 15 is 0 Å². The Hall–Kier alpha value is -1.35. The second-order valence-corrected chi connectivity index (χ2v) is 5.37. The number of esters is 1. The quantitative estimate of drug-likeness (QED) is 0.763. The molecule has 0 aromatic heterocycles. The highest BCUT2D eigenvalue weighted by atomic mass is 16.5. The first-order valence-corrected chi connectivity index (χ1v) is 7.12. The Balaban J connectivity index is 1.85. The summed E-state index contributed by atoms with van der Waals surface area (Å²) in [5.74, 6) is 0.388. The predicted molar refractivity (Wildman–Crippen MR) is 75.7 cm³/mol. The Kier molecular flexibility index (Phi) is 4.97. The number of rotatable bonds is 5. The molecule has 1 unspecified atom stereocenters. The molecule has 3 nitrogen and oxygen atoms in total. The van der Waals surface area contributed by atoms with Crippen LogP contribution in [-0.4, -0.2) is 30.1 Å². The average molecular weight is 261 g/mol. The zero-order chi connectivity index (χ0) is 13.7. The maximum Gasteiger partial charge on any atom is 0.306 e. The van der Waals surface area contributed by atoms with E-state index in [-0.39, 0.29) is 5.97 Å². The van der Waals surface area contributed by atoms with Gasteiger partial charge in [0.2, 0.25) is 0 Å². The molecule has 104 valence electrons. The van der Waals surface area contributed by atoms with Crippen molar-refractivity contribution in [2.45, 2.75) is 39.3 Å². The molecule has 1 aliphatic heterocycles. The van der Waals surface area contributed by atoms with Gasteiger partial charge in [-0.05, 0) is 31.7 Å².